The number of benzene rings is 12. The van der Waals surface area contributed by atoms with E-state index in [9.17, 15) is 0 Å². The molecule has 14 aromatic rings. The van der Waals surface area contributed by atoms with Gasteiger partial charge in [0.05, 0.1) is 22.4 Å². The molecule has 5 aliphatic heterocycles. The van der Waals surface area contributed by atoms with Crippen LogP contribution in [0.5, 0.6) is 0 Å². The van der Waals surface area contributed by atoms with E-state index in [1.165, 1.54) is 143 Å². The Kier molecular flexibility index (Phi) is 7.33. The van der Waals surface area contributed by atoms with Crippen LogP contribution in [0.15, 0.2) is 237 Å². The van der Waals surface area contributed by atoms with Gasteiger partial charge in [-0.3, -0.25) is 0 Å². The minimum Gasteiger partial charge on any atom is -0.311 e. The number of pyridine rings is 1. The standard InChI is InChI=1S/C69H39B2N5/c1-3-22-44(23-4-1)73-58-33-16-14-31-53(58)71-55-38-54-56(39-61(55)75-60-37-43-21-10-8-19-41(43)35-51(60)62-46-26-11-12-27-47(46)66(73)63(71)68(62)75)72-69-64-67(74(45-24-5-2-6-25-45)57-32-15-13-30-52(57)70(54)64)49-29-17-28-48-50-34-40-18-7-9-20-42(40)36-59(50)76(69)65(48)49/h1-39H/p+1. The summed E-state index contributed by atoms with van der Waals surface area (Å²) in [6.07, 6.45) is 0. The average Bonchev–Trinajstić information content (AvgIpc) is 4.18. The summed E-state index contributed by atoms with van der Waals surface area (Å²) in [7, 11) is 0. The summed E-state index contributed by atoms with van der Waals surface area (Å²) >= 11 is 0. The lowest BCUT2D eigenvalue weighted by molar-refractivity contribution is -0.546. The number of hydrogen-bond acceptors (Lipinski definition) is 3. The second-order valence-corrected chi connectivity index (χ2v) is 21.4. The van der Waals surface area contributed by atoms with Gasteiger partial charge in [0.1, 0.15) is 11.4 Å². The topological polar surface area (TPSA) is 27.3 Å². The van der Waals surface area contributed by atoms with Gasteiger partial charge in [0.2, 0.25) is 0 Å². The van der Waals surface area contributed by atoms with E-state index < -0.39 is 0 Å². The molecule has 5 aliphatic rings. The number of hydrogen-bond donors (Lipinski definition) is 1. The largest absolute Gasteiger partial charge is 0.311 e. The summed E-state index contributed by atoms with van der Waals surface area (Å²) in [6, 6.07) is 89.3. The molecule has 0 atom stereocenters. The number of fused-ring (bicyclic) bond motifs is 22. The number of anilines is 8. The van der Waals surface area contributed by atoms with Crippen molar-refractivity contribution in [2.75, 3.05) is 15.1 Å². The lowest BCUT2D eigenvalue weighted by Gasteiger charge is -2.42. The second-order valence-electron chi connectivity index (χ2n) is 21.4. The number of para-hydroxylation sites is 5. The van der Waals surface area contributed by atoms with Gasteiger partial charge in [0, 0.05) is 72.6 Å². The first-order chi connectivity index (χ1) is 37.7. The molecule has 76 heavy (non-hydrogen) atoms. The molecular formula is C69H40B2N5+. The molecule has 19 rings (SSSR count). The SMILES string of the molecule is c1ccc(N2c3ccccc3B3c4cc5c(cc4-n4c6cc7ccccc7cc6c6c7ccccc7c2c3c64)Nc2c3c(c4cccc6c4[n+]2-c2cc4ccccc4cc2-6)N(c2ccccc2)c2ccccc2B53)cc1. The van der Waals surface area contributed by atoms with Gasteiger partial charge >= 0.3 is 0 Å². The van der Waals surface area contributed by atoms with E-state index in [1.54, 1.807) is 0 Å². The van der Waals surface area contributed by atoms with Crippen molar-refractivity contribution in [1.29, 1.82) is 0 Å². The highest BCUT2D eigenvalue weighted by Gasteiger charge is 2.51. The van der Waals surface area contributed by atoms with Gasteiger partial charge in [-0.05, 0) is 127 Å². The Morgan fingerprint density at radius 1 is 0.382 bits per heavy atom. The van der Waals surface area contributed by atoms with E-state index in [4.69, 9.17) is 0 Å². The molecular weight excluding hydrogens is 920 g/mol. The van der Waals surface area contributed by atoms with Crippen LogP contribution in [-0.2, 0) is 0 Å². The van der Waals surface area contributed by atoms with Crippen molar-refractivity contribution in [3.05, 3.63) is 237 Å². The molecule has 0 saturated heterocycles. The Bertz CT molecular complexity index is 5010. The van der Waals surface area contributed by atoms with Crippen LogP contribution < -0.4 is 52.5 Å². The molecule has 0 aliphatic carbocycles. The fraction of sp³-hybridized carbons (Fsp3) is 0. The van der Waals surface area contributed by atoms with Gasteiger partial charge < -0.3 is 14.4 Å². The van der Waals surface area contributed by atoms with Crippen molar-refractivity contribution in [2.45, 2.75) is 0 Å². The normalized spacial score (nSPS) is 13.8. The van der Waals surface area contributed by atoms with E-state index in [0.717, 1.165) is 22.9 Å². The molecule has 0 unspecified atom stereocenters. The van der Waals surface area contributed by atoms with Crippen LogP contribution in [-0.4, -0.2) is 18.0 Å². The first-order valence-electron chi connectivity index (χ1n) is 26.6. The van der Waals surface area contributed by atoms with Crippen LogP contribution >= 0.6 is 0 Å². The number of rotatable bonds is 2. The van der Waals surface area contributed by atoms with Crippen molar-refractivity contribution in [3.63, 3.8) is 0 Å². The molecule has 0 saturated carbocycles. The van der Waals surface area contributed by atoms with Gasteiger partial charge in [-0.25, -0.2) is 5.32 Å². The van der Waals surface area contributed by atoms with Crippen molar-refractivity contribution in [3.8, 4) is 22.5 Å². The van der Waals surface area contributed by atoms with Crippen LogP contribution in [0.4, 0.5) is 45.6 Å². The summed E-state index contributed by atoms with van der Waals surface area (Å²) in [6.45, 7) is -0.150. The highest BCUT2D eigenvalue weighted by Crippen LogP contribution is 2.51. The predicted molar refractivity (Wildman–Crippen MR) is 320 cm³/mol. The third kappa shape index (κ3) is 4.79. The molecule has 346 valence electrons. The highest BCUT2D eigenvalue weighted by molar-refractivity contribution is 7.03. The smallest absolute Gasteiger partial charge is 0.282 e. The molecule has 7 heteroatoms. The zero-order valence-electron chi connectivity index (χ0n) is 41.0. The third-order valence-electron chi connectivity index (χ3n) is 17.8. The van der Waals surface area contributed by atoms with Crippen molar-refractivity contribution >= 4 is 157 Å². The summed E-state index contributed by atoms with van der Waals surface area (Å²) in [5, 5.41) is 15.7. The minimum absolute atomic E-state index is 0.0587. The Morgan fingerprint density at radius 2 is 0.947 bits per heavy atom. The molecule has 12 aromatic carbocycles. The maximum Gasteiger partial charge on any atom is 0.282 e. The average molecular weight is 961 g/mol. The quantitative estimate of drug-likeness (QED) is 0.138. The van der Waals surface area contributed by atoms with Crippen LogP contribution in [0.2, 0.25) is 0 Å². The van der Waals surface area contributed by atoms with Crippen LogP contribution in [0.25, 0.3) is 87.5 Å². The van der Waals surface area contributed by atoms with Crippen molar-refractivity contribution in [1.82, 2.24) is 4.57 Å². The Morgan fingerprint density at radius 3 is 1.66 bits per heavy atom. The number of aromatic nitrogens is 2. The van der Waals surface area contributed by atoms with Gasteiger partial charge in [0.15, 0.2) is 5.52 Å². The Labute approximate surface area is 437 Å². The van der Waals surface area contributed by atoms with Crippen LogP contribution in [0, 0.1) is 0 Å². The van der Waals surface area contributed by atoms with Gasteiger partial charge in [0.25, 0.3) is 19.2 Å². The molecule has 1 N–H and O–H groups in total. The maximum atomic E-state index is 4.34. The fourth-order valence-corrected chi connectivity index (χ4v) is 14.9. The van der Waals surface area contributed by atoms with Gasteiger partial charge in [-0.15, -0.1) is 0 Å². The molecule has 7 heterocycles. The van der Waals surface area contributed by atoms with Crippen molar-refractivity contribution < 1.29 is 4.57 Å². The monoisotopic (exact) mass is 960 g/mol. The molecule has 0 amide bonds. The molecule has 0 spiro atoms. The summed E-state index contributed by atoms with van der Waals surface area (Å²) < 4.78 is 5.24. The van der Waals surface area contributed by atoms with E-state index in [0.29, 0.717) is 0 Å². The Hall–Kier alpha value is -9.84. The minimum atomic E-state index is -0.0912. The van der Waals surface area contributed by atoms with Crippen LogP contribution in [0.1, 0.15) is 0 Å². The van der Waals surface area contributed by atoms with Crippen LogP contribution in [0.3, 0.4) is 0 Å². The lowest BCUT2D eigenvalue weighted by Crippen LogP contribution is -2.65. The molecule has 5 nitrogen and oxygen atoms in total. The van der Waals surface area contributed by atoms with E-state index in [2.05, 4.69) is 261 Å². The summed E-state index contributed by atoms with van der Waals surface area (Å²) in [5.74, 6) is 1.12. The highest BCUT2D eigenvalue weighted by atomic mass is 15.2. The molecule has 0 fully saturated rings. The van der Waals surface area contributed by atoms with Gasteiger partial charge in [-0.2, -0.15) is 4.57 Å². The zero-order chi connectivity index (χ0) is 49.1. The van der Waals surface area contributed by atoms with Crippen molar-refractivity contribution in [2.24, 2.45) is 0 Å². The van der Waals surface area contributed by atoms with E-state index in [1.807, 2.05) is 0 Å². The molecule has 0 radical (unpaired) electrons. The second kappa shape index (κ2) is 14.1. The maximum absolute atomic E-state index is 4.34. The van der Waals surface area contributed by atoms with E-state index >= 15 is 0 Å². The predicted octanol–water partition coefficient (Wildman–Crippen LogP) is 12.6. The first kappa shape index (κ1) is 39.7. The Balaban J connectivity index is 0.981. The first-order valence-corrected chi connectivity index (χ1v) is 26.6. The van der Waals surface area contributed by atoms with E-state index in [-0.39, 0.29) is 13.4 Å². The lowest BCUT2D eigenvalue weighted by atomic mass is 9.30. The molecule has 2 aromatic heterocycles. The zero-order valence-corrected chi connectivity index (χ0v) is 41.0. The summed E-state index contributed by atoms with van der Waals surface area (Å²) in [4.78, 5) is 5.11. The summed E-state index contributed by atoms with van der Waals surface area (Å²) in [5.41, 5.74) is 24.9. The number of nitrogens with zero attached hydrogens (tertiary/aromatic N) is 4. The fourth-order valence-electron chi connectivity index (χ4n) is 14.9. The molecule has 0 bridgehead atoms. The van der Waals surface area contributed by atoms with Gasteiger partial charge in [-0.1, -0.05) is 158 Å². The third-order valence-corrected chi connectivity index (χ3v) is 17.8. The number of nitrogens with one attached hydrogen (secondary N) is 1.